The van der Waals surface area contributed by atoms with Crippen LogP contribution in [-0.4, -0.2) is 15.6 Å². The van der Waals surface area contributed by atoms with Crippen LogP contribution in [0.2, 0.25) is 0 Å². The van der Waals surface area contributed by atoms with Crippen molar-refractivity contribution in [2.45, 2.75) is 26.3 Å². The van der Waals surface area contributed by atoms with Crippen LogP contribution < -0.4 is 0 Å². The van der Waals surface area contributed by atoms with Crippen molar-refractivity contribution >= 4 is 5.78 Å². The number of carbonyl (C=O) groups excluding carboxylic acids is 1. The van der Waals surface area contributed by atoms with Crippen molar-refractivity contribution in [3.63, 3.8) is 0 Å². The van der Waals surface area contributed by atoms with Gasteiger partial charge in [-0.1, -0.05) is 0 Å². The van der Waals surface area contributed by atoms with Gasteiger partial charge in [-0.3, -0.25) is 9.48 Å². The van der Waals surface area contributed by atoms with Gasteiger partial charge < -0.3 is 0 Å². The van der Waals surface area contributed by atoms with E-state index in [0.717, 1.165) is 30.6 Å². The number of nitrogens with zero attached hydrogens (tertiary/aromatic N) is 2. The first kappa shape index (κ1) is 6.58. The lowest BCUT2D eigenvalue weighted by molar-refractivity contribution is 0.101. The lowest BCUT2D eigenvalue weighted by Crippen LogP contribution is -1.97. The third-order valence-electron chi connectivity index (χ3n) is 2.11. The molecule has 1 aliphatic heterocycles. The van der Waals surface area contributed by atoms with Crippen LogP contribution in [0, 0.1) is 0 Å². The maximum absolute atomic E-state index is 11.0. The molecule has 0 spiro atoms. The van der Waals surface area contributed by atoms with Gasteiger partial charge in [0.05, 0.1) is 11.8 Å². The molecule has 0 saturated carbocycles. The molecule has 0 aromatic carbocycles. The molecule has 0 radical (unpaired) electrons. The number of hydrogen-bond donors (Lipinski definition) is 0. The van der Waals surface area contributed by atoms with Crippen molar-refractivity contribution in [3.05, 3.63) is 17.5 Å². The maximum atomic E-state index is 11.0. The zero-order valence-corrected chi connectivity index (χ0v) is 6.50. The van der Waals surface area contributed by atoms with Crippen LogP contribution in [0.15, 0.2) is 6.20 Å². The molecule has 0 aliphatic carbocycles. The Labute approximate surface area is 65.0 Å². The zero-order chi connectivity index (χ0) is 7.84. The summed E-state index contributed by atoms with van der Waals surface area (Å²) in [4.78, 5) is 11.0. The molecule has 2 rings (SSSR count). The van der Waals surface area contributed by atoms with Crippen molar-refractivity contribution in [2.24, 2.45) is 0 Å². The second-order valence-corrected chi connectivity index (χ2v) is 2.89. The lowest BCUT2D eigenvalue weighted by Gasteiger charge is -1.93. The van der Waals surface area contributed by atoms with E-state index in [-0.39, 0.29) is 5.78 Å². The Morgan fingerprint density at radius 3 is 3.27 bits per heavy atom. The number of fused-ring (bicyclic) bond motifs is 1. The zero-order valence-electron chi connectivity index (χ0n) is 6.50. The average molecular weight is 150 g/mol. The summed E-state index contributed by atoms with van der Waals surface area (Å²) in [7, 11) is 0. The SMILES string of the molecule is CC(=O)c1cnn2c1CCC2. The van der Waals surface area contributed by atoms with Gasteiger partial charge in [0.15, 0.2) is 5.78 Å². The summed E-state index contributed by atoms with van der Waals surface area (Å²) in [6.07, 6.45) is 3.81. The van der Waals surface area contributed by atoms with Crippen LogP contribution in [0.1, 0.15) is 29.4 Å². The third kappa shape index (κ3) is 0.878. The van der Waals surface area contributed by atoms with Crippen LogP contribution in [0.4, 0.5) is 0 Å². The first-order valence-electron chi connectivity index (χ1n) is 3.84. The number of aromatic nitrogens is 2. The Hall–Kier alpha value is -1.12. The molecule has 0 atom stereocenters. The number of ketones is 1. The Morgan fingerprint density at radius 1 is 1.73 bits per heavy atom. The Morgan fingerprint density at radius 2 is 2.55 bits per heavy atom. The van der Waals surface area contributed by atoms with Gasteiger partial charge in [0, 0.05) is 12.2 Å². The average Bonchev–Trinajstić information content (AvgIpc) is 2.41. The molecule has 0 saturated heterocycles. The van der Waals surface area contributed by atoms with Gasteiger partial charge in [0.25, 0.3) is 0 Å². The van der Waals surface area contributed by atoms with Crippen molar-refractivity contribution in [3.8, 4) is 0 Å². The fourth-order valence-electron chi connectivity index (χ4n) is 1.56. The highest BCUT2D eigenvalue weighted by Gasteiger charge is 2.17. The molecule has 11 heavy (non-hydrogen) atoms. The number of hydrogen-bond acceptors (Lipinski definition) is 2. The van der Waals surface area contributed by atoms with E-state index < -0.39 is 0 Å². The lowest BCUT2D eigenvalue weighted by atomic mass is 10.1. The van der Waals surface area contributed by atoms with Crippen LogP contribution in [0.3, 0.4) is 0 Å². The molecular formula is C8H10N2O. The first-order chi connectivity index (χ1) is 5.29. The molecular weight excluding hydrogens is 140 g/mol. The van der Waals surface area contributed by atoms with Gasteiger partial charge >= 0.3 is 0 Å². The van der Waals surface area contributed by atoms with E-state index in [4.69, 9.17) is 0 Å². The maximum Gasteiger partial charge on any atom is 0.163 e. The molecule has 3 nitrogen and oxygen atoms in total. The van der Waals surface area contributed by atoms with E-state index in [1.807, 2.05) is 4.68 Å². The molecule has 0 bridgehead atoms. The third-order valence-corrected chi connectivity index (χ3v) is 2.11. The molecule has 0 fully saturated rings. The Bertz CT molecular complexity index is 301. The van der Waals surface area contributed by atoms with E-state index in [2.05, 4.69) is 5.10 Å². The van der Waals surface area contributed by atoms with Gasteiger partial charge in [0.2, 0.25) is 0 Å². The van der Waals surface area contributed by atoms with Crippen LogP contribution in [0.5, 0.6) is 0 Å². The summed E-state index contributed by atoms with van der Waals surface area (Å²) in [6.45, 7) is 2.57. The second-order valence-electron chi connectivity index (χ2n) is 2.89. The standard InChI is InChI=1S/C8H10N2O/c1-6(11)7-5-9-10-4-2-3-8(7)10/h5H,2-4H2,1H3. The monoisotopic (exact) mass is 150 g/mol. The summed E-state index contributed by atoms with van der Waals surface area (Å²) >= 11 is 0. The van der Waals surface area contributed by atoms with Gasteiger partial charge in [-0.05, 0) is 19.8 Å². The number of Topliss-reactive ketones (excluding diaryl/α,β-unsaturated/α-hetero) is 1. The molecule has 0 N–H and O–H groups in total. The number of carbonyl (C=O) groups is 1. The summed E-state index contributed by atoms with van der Waals surface area (Å²) in [5.41, 5.74) is 1.93. The van der Waals surface area contributed by atoms with Gasteiger partial charge in [-0.25, -0.2) is 0 Å². The van der Waals surface area contributed by atoms with E-state index in [9.17, 15) is 4.79 Å². The number of rotatable bonds is 1. The minimum absolute atomic E-state index is 0.133. The van der Waals surface area contributed by atoms with E-state index in [1.54, 1.807) is 13.1 Å². The summed E-state index contributed by atoms with van der Waals surface area (Å²) in [6, 6.07) is 0. The van der Waals surface area contributed by atoms with Crippen molar-refractivity contribution < 1.29 is 4.79 Å². The molecule has 0 amide bonds. The topological polar surface area (TPSA) is 34.9 Å². The Balaban J connectivity index is 2.50. The van der Waals surface area contributed by atoms with Crippen molar-refractivity contribution in [2.75, 3.05) is 0 Å². The predicted molar refractivity (Wildman–Crippen MR) is 40.6 cm³/mol. The fourth-order valence-corrected chi connectivity index (χ4v) is 1.56. The van der Waals surface area contributed by atoms with Gasteiger partial charge in [-0.2, -0.15) is 5.10 Å². The predicted octanol–water partition coefficient (Wildman–Crippen LogP) is 1.03. The summed E-state index contributed by atoms with van der Waals surface area (Å²) in [5, 5.41) is 4.11. The minimum atomic E-state index is 0.133. The molecule has 1 aromatic rings. The summed E-state index contributed by atoms with van der Waals surface area (Å²) < 4.78 is 1.93. The first-order valence-corrected chi connectivity index (χ1v) is 3.84. The van der Waals surface area contributed by atoms with Crippen LogP contribution in [0.25, 0.3) is 0 Å². The van der Waals surface area contributed by atoms with Gasteiger partial charge in [0.1, 0.15) is 0 Å². The molecule has 0 unspecified atom stereocenters. The fraction of sp³-hybridized carbons (Fsp3) is 0.500. The largest absolute Gasteiger partial charge is 0.294 e. The van der Waals surface area contributed by atoms with Gasteiger partial charge in [-0.15, -0.1) is 0 Å². The highest BCUT2D eigenvalue weighted by Crippen LogP contribution is 2.17. The molecule has 1 aromatic heterocycles. The van der Waals surface area contributed by atoms with Crippen LogP contribution in [-0.2, 0) is 13.0 Å². The molecule has 2 heterocycles. The molecule has 1 aliphatic rings. The highest BCUT2D eigenvalue weighted by molar-refractivity contribution is 5.95. The number of aryl methyl sites for hydroxylation is 1. The summed E-state index contributed by atoms with van der Waals surface area (Å²) in [5.74, 6) is 0.133. The van der Waals surface area contributed by atoms with E-state index in [1.165, 1.54) is 0 Å². The van der Waals surface area contributed by atoms with Crippen molar-refractivity contribution in [1.29, 1.82) is 0 Å². The highest BCUT2D eigenvalue weighted by atomic mass is 16.1. The Kier molecular flexibility index (Phi) is 1.31. The molecule has 58 valence electrons. The molecule has 3 heteroatoms. The quantitative estimate of drug-likeness (QED) is 0.560. The second kappa shape index (κ2) is 2.19. The van der Waals surface area contributed by atoms with Crippen LogP contribution >= 0.6 is 0 Å². The van der Waals surface area contributed by atoms with E-state index in [0.29, 0.717) is 0 Å². The van der Waals surface area contributed by atoms with E-state index >= 15 is 0 Å². The van der Waals surface area contributed by atoms with Crippen molar-refractivity contribution in [1.82, 2.24) is 9.78 Å². The normalized spacial score (nSPS) is 15.0. The minimum Gasteiger partial charge on any atom is -0.294 e. The smallest absolute Gasteiger partial charge is 0.163 e.